The van der Waals surface area contributed by atoms with Crippen LogP contribution in [0.1, 0.15) is 113 Å². The van der Waals surface area contributed by atoms with Gasteiger partial charge in [0.1, 0.15) is 18.3 Å². The SMILES string of the molecule is CC(=O)O[C@H]1C[C@H]2[C@@H]3CC[C@H]4C[C@H](OS(=O)(=O)[O-])[C@@H](OS(=O)(=O)[O-])C[C@]4(C)[C@H]3CC[C@]2(C)[C@H]1[C@@](C)(O)CC[C@]1(C(C)C)C[C@H]1C. The van der Waals surface area contributed by atoms with Gasteiger partial charge in [-0.1, -0.05) is 34.6 Å². The van der Waals surface area contributed by atoms with Crippen LogP contribution in [0, 0.1) is 57.7 Å². The fourth-order valence-electron chi connectivity index (χ4n) is 11.8. The Morgan fingerprint density at radius 2 is 1.53 bits per heavy atom. The molecule has 11 nitrogen and oxygen atoms in total. The van der Waals surface area contributed by atoms with Crippen molar-refractivity contribution in [2.75, 3.05) is 0 Å². The third-order valence-electron chi connectivity index (χ3n) is 13.9. The van der Waals surface area contributed by atoms with Gasteiger partial charge in [0.15, 0.2) is 0 Å². The van der Waals surface area contributed by atoms with E-state index >= 15 is 0 Å². The first-order valence-corrected chi connectivity index (χ1v) is 19.4. The Kier molecular flexibility index (Phi) is 9.19. The van der Waals surface area contributed by atoms with Crippen molar-refractivity contribution in [2.24, 2.45) is 57.7 Å². The zero-order chi connectivity index (χ0) is 33.5. The van der Waals surface area contributed by atoms with E-state index < -0.39 is 50.1 Å². The second-order valence-corrected chi connectivity index (χ2v) is 18.5. The third-order valence-corrected chi connectivity index (χ3v) is 14.8. The Bertz CT molecular complexity index is 1360. The van der Waals surface area contributed by atoms with Gasteiger partial charge < -0.3 is 18.9 Å². The highest BCUT2D eigenvalue weighted by molar-refractivity contribution is 7.81. The molecule has 0 unspecified atom stereocenters. The van der Waals surface area contributed by atoms with Gasteiger partial charge in [0.25, 0.3) is 0 Å². The van der Waals surface area contributed by atoms with E-state index in [-0.39, 0.29) is 59.2 Å². The van der Waals surface area contributed by atoms with Crippen LogP contribution in [0.2, 0.25) is 0 Å². The van der Waals surface area contributed by atoms with Crippen LogP contribution in [-0.4, -0.2) is 60.9 Å². The van der Waals surface area contributed by atoms with E-state index in [1.807, 2.05) is 6.92 Å². The second-order valence-electron chi connectivity index (χ2n) is 16.4. The zero-order valence-electron chi connectivity index (χ0n) is 27.7. The maximum Gasteiger partial charge on any atom is 0.302 e. The van der Waals surface area contributed by atoms with E-state index in [9.17, 15) is 35.8 Å². The van der Waals surface area contributed by atoms with Gasteiger partial charge in [-0.3, -0.25) is 13.2 Å². The molecule has 5 rings (SSSR count). The van der Waals surface area contributed by atoms with E-state index in [2.05, 4.69) is 34.6 Å². The van der Waals surface area contributed by atoms with Crippen LogP contribution in [0.25, 0.3) is 0 Å². The Balaban J connectivity index is 1.43. The summed E-state index contributed by atoms with van der Waals surface area (Å²) >= 11 is 0. The molecule has 0 bridgehead atoms. The number of hydrogen-bond donors (Lipinski definition) is 1. The lowest BCUT2D eigenvalue weighted by Gasteiger charge is -2.62. The molecule has 0 amide bonds. The van der Waals surface area contributed by atoms with Crippen molar-refractivity contribution in [1.82, 2.24) is 0 Å². The molecule has 13 atom stereocenters. The minimum atomic E-state index is -5.20. The van der Waals surface area contributed by atoms with Gasteiger partial charge in [-0.2, -0.15) is 0 Å². The van der Waals surface area contributed by atoms with Gasteiger partial charge >= 0.3 is 5.97 Å². The Hall–Kier alpha value is -0.830. The lowest BCUT2D eigenvalue weighted by Crippen LogP contribution is -2.58. The Morgan fingerprint density at radius 3 is 2.07 bits per heavy atom. The Morgan fingerprint density at radius 1 is 0.933 bits per heavy atom. The van der Waals surface area contributed by atoms with Crippen LogP contribution in [0.5, 0.6) is 0 Å². The summed E-state index contributed by atoms with van der Waals surface area (Å²) in [5, 5.41) is 12.3. The fourth-order valence-corrected chi connectivity index (χ4v) is 12.8. The molecule has 5 saturated carbocycles. The maximum absolute atomic E-state index is 12.4. The third kappa shape index (κ3) is 6.62. The van der Waals surface area contributed by atoms with Crippen LogP contribution in [0.4, 0.5) is 0 Å². The number of esters is 1. The van der Waals surface area contributed by atoms with E-state index in [4.69, 9.17) is 13.1 Å². The summed E-state index contributed by atoms with van der Waals surface area (Å²) in [6.45, 7) is 14.4. The molecule has 5 fully saturated rings. The minimum absolute atomic E-state index is 0.0634. The molecular formula is C32H52O11S2-2. The first kappa shape index (κ1) is 35.5. The standard InChI is InChI=1S/C32H54O11S2/c1-18(2)32(16-19(32)3)13-12-31(7,34)28-26(41-20(4)33)15-24-22-9-8-21-14-25(42-44(35,36)37)27(43-45(38,39)40)17-30(21,6)23(22)10-11-29(24,28)5/h18-19,21-28,34H,8-17H2,1-7H3,(H,35,36,37)(H,38,39,40)/p-2/t19-,21+,22-,23+,24+,25+,26+,27+,28+,29+,30+,31+,32-/m1/s1. The molecule has 0 heterocycles. The normalized spacial score (nSPS) is 46.1. The maximum atomic E-state index is 12.4. The van der Waals surface area contributed by atoms with Gasteiger partial charge in [0, 0.05) is 12.8 Å². The van der Waals surface area contributed by atoms with Crippen LogP contribution in [-0.2, 0) is 38.7 Å². The number of ether oxygens (including phenoxy) is 1. The van der Waals surface area contributed by atoms with E-state index in [1.54, 1.807) is 0 Å². The van der Waals surface area contributed by atoms with Gasteiger partial charge in [-0.15, -0.1) is 0 Å². The minimum Gasteiger partial charge on any atom is -0.726 e. The predicted octanol–water partition coefficient (Wildman–Crippen LogP) is 4.70. The highest BCUT2D eigenvalue weighted by Crippen LogP contribution is 2.70. The van der Waals surface area contributed by atoms with Crippen molar-refractivity contribution in [3.8, 4) is 0 Å². The topological polar surface area (TPSA) is 179 Å². The van der Waals surface area contributed by atoms with Gasteiger partial charge in [0.05, 0.1) is 5.60 Å². The average molecular weight is 677 g/mol. The summed E-state index contributed by atoms with van der Waals surface area (Å²) in [7, 11) is -10.4. The predicted molar refractivity (Wildman–Crippen MR) is 162 cm³/mol. The van der Waals surface area contributed by atoms with Crippen molar-refractivity contribution in [3.63, 3.8) is 0 Å². The first-order valence-electron chi connectivity index (χ1n) is 16.7. The van der Waals surface area contributed by atoms with E-state index in [0.717, 1.165) is 32.1 Å². The molecule has 5 aliphatic rings. The van der Waals surface area contributed by atoms with Crippen molar-refractivity contribution < 1.29 is 48.9 Å². The lowest BCUT2D eigenvalue weighted by atomic mass is 9.44. The molecule has 0 radical (unpaired) electrons. The number of hydrogen-bond acceptors (Lipinski definition) is 11. The molecule has 13 heteroatoms. The summed E-state index contributed by atoms with van der Waals surface area (Å²) in [6, 6.07) is 0. The number of rotatable bonds is 10. The highest BCUT2D eigenvalue weighted by atomic mass is 32.3. The van der Waals surface area contributed by atoms with E-state index in [1.165, 1.54) is 6.92 Å². The monoisotopic (exact) mass is 676 g/mol. The Labute approximate surface area is 269 Å². The largest absolute Gasteiger partial charge is 0.726 e. The van der Waals surface area contributed by atoms with Gasteiger partial charge in [0.2, 0.25) is 20.8 Å². The quantitative estimate of drug-likeness (QED) is 0.193. The summed E-state index contributed by atoms with van der Waals surface area (Å²) in [5.41, 5.74) is -1.63. The molecule has 0 aromatic heterocycles. The van der Waals surface area contributed by atoms with Crippen LogP contribution in [0.3, 0.4) is 0 Å². The van der Waals surface area contributed by atoms with Crippen LogP contribution < -0.4 is 0 Å². The molecule has 5 aliphatic carbocycles. The molecule has 0 aliphatic heterocycles. The number of carbonyl (C=O) groups excluding carboxylic acids is 1. The lowest BCUT2D eigenvalue weighted by molar-refractivity contribution is -0.171. The molecule has 0 saturated heterocycles. The molecule has 0 aromatic carbocycles. The fraction of sp³-hybridized carbons (Fsp3) is 0.969. The van der Waals surface area contributed by atoms with Crippen molar-refractivity contribution >= 4 is 26.8 Å². The molecule has 0 aromatic rings. The highest BCUT2D eigenvalue weighted by Gasteiger charge is 2.67. The summed E-state index contributed by atoms with van der Waals surface area (Å²) < 4.78 is 85.0. The molecular weight excluding hydrogens is 624 g/mol. The van der Waals surface area contributed by atoms with Gasteiger partial charge in [-0.05, 0) is 123 Å². The molecule has 45 heavy (non-hydrogen) atoms. The first-order chi connectivity index (χ1) is 20.5. The summed E-state index contributed by atoms with van der Waals surface area (Å²) in [5.74, 6) is 0.858. The second kappa shape index (κ2) is 11.7. The molecule has 260 valence electrons. The smallest absolute Gasteiger partial charge is 0.302 e. The molecule has 1 N–H and O–H groups in total. The van der Waals surface area contributed by atoms with Crippen LogP contribution in [0.15, 0.2) is 0 Å². The summed E-state index contributed by atoms with van der Waals surface area (Å²) in [6.07, 6.45) is 3.37. The number of fused-ring (bicyclic) bond motifs is 5. The molecule has 0 spiro atoms. The van der Waals surface area contributed by atoms with E-state index in [0.29, 0.717) is 31.1 Å². The average Bonchev–Trinajstić information content (AvgIpc) is 3.43. The van der Waals surface area contributed by atoms with Gasteiger partial charge in [-0.25, -0.2) is 16.8 Å². The summed E-state index contributed by atoms with van der Waals surface area (Å²) in [4.78, 5) is 12.4. The van der Waals surface area contributed by atoms with Crippen LogP contribution >= 0.6 is 0 Å². The zero-order valence-corrected chi connectivity index (χ0v) is 29.3. The van der Waals surface area contributed by atoms with Crippen molar-refractivity contribution in [2.45, 2.75) is 137 Å². The van der Waals surface area contributed by atoms with Crippen molar-refractivity contribution in [1.29, 1.82) is 0 Å². The number of carbonyl (C=O) groups is 1. The number of aliphatic hydroxyl groups is 1. The van der Waals surface area contributed by atoms with Crippen molar-refractivity contribution in [3.05, 3.63) is 0 Å².